The van der Waals surface area contributed by atoms with Gasteiger partial charge in [-0.1, -0.05) is 37.1 Å². The minimum Gasteiger partial charge on any atom is -0.373 e. The molecule has 1 aliphatic heterocycles. The van der Waals surface area contributed by atoms with E-state index in [1.54, 1.807) is 0 Å². The van der Waals surface area contributed by atoms with E-state index >= 15 is 0 Å². The molecule has 1 spiro atoms. The van der Waals surface area contributed by atoms with E-state index in [1.807, 2.05) is 0 Å². The van der Waals surface area contributed by atoms with Crippen LogP contribution in [0.4, 0.5) is 0 Å². The maximum Gasteiger partial charge on any atom is 0.265 e. The van der Waals surface area contributed by atoms with E-state index in [9.17, 15) is 4.79 Å². The van der Waals surface area contributed by atoms with Crippen molar-refractivity contribution in [3.05, 3.63) is 10.6 Å². The standard InChI is InChI=1S/C15H23N3O2S/c1-2-6-12-13(21-18-17-12)14(19)16-11-9-15(20-10-11)7-4-3-5-8-15/h11H,2-10H2,1H3,(H,16,19)/t11-/m1/s1. The molecule has 1 amide bonds. The molecule has 2 aliphatic rings. The van der Waals surface area contributed by atoms with Crippen molar-refractivity contribution in [2.45, 2.75) is 69.9 Å². The Labute approximate surface area is 129 Å². The lowest BCUT2D eigenvalue weighted by Gasteiger charge is -2.32. The smallest absolute Gasteiger partial charge is 0.265 e. The summed E-state index contributed by atoms with van der Waals surface area (Å²) < 4.78 is 9.97. The van der Waals surface area contributed by atoms with Gasteiger partial charge in [-0.15, -0.1) is 5.10 Å². The number of amides is 1. The van der Waals surface area contributed by atoms with Crippen molar-refractivity contribution in [2.75, 3.05) is 6.61 Å². The second-order valence-electron chi connectivity index (χ2n) is 6.23. The third kappa shape index (κ3) is 3.26. The number of hydrogen-bond acceptors (Lipinski definition) is 5. The van der Waals surface area contributed by atoms with Crippen molar-refractivity contribution >= 4 is 17.4 Å². The van der Waals surface area contributed by atoms with Gasteiger partial charge in [-0.25, -0.2) is 0 Å². The number of carbonyl (C=O) groups excluding carboxylic acids is 1. The number of rotatable bonds is 4. The zero-order chi connectivity index (χ0) is 14.7. The van der Waals surface area contributed by atoms with Gasteiger partial charge in [0.25, 0.3) is 5.91 Å². The van der Waals surface area contributed by atoms with Gasteiger partial charge >= 0.3 is 0 Å². The van der Waals surface area contributed by atoms with E-state index in [0.29, 0.717) is 11.5 Å². The molecule has 2 fully saturated rings. The molecule has 1 saturated heterocycles. The van der Waals surface area contributed by atoms with E-state index < -0.39 is 0 Å². The molecule has 1 aliphatic carbocycles. The first-order valence-corrected chi connectivity index (χ1v) is 8.76. The maximum atomic E-state index is 12.4. The molecule has 1 aromatic heterocycles. The van der Waals surface area contributed by atoms with Gasteiger partial charge in [0.1, 0.15) is 4.88 Å². The number of hydrogen-bond donors (Lipinski definition) is 1. The summed E-state index contributed by atoms with van der Waals surface area (Å²) in [5, 5.41) is 7.18. The number of nitrogens with one attached hydrogen (secondary N) is 1. The summed E-state index contributed by atoms with van der Waals surface area (Å²) in [6, 6.07) is 0.132. The number of aromatic nitrogens is 2. The molecule has 1 saturated carbocycles. The van der Waals surface area contributed by atoms with E-state index in [1.165, 1.54) is 30.8 Å². The Morgan fingerprint density at radius 3 is 3.00 bits per heavy atom. The van der Waals surface area contributed by atoms with Crippen molar-refractivity contribution in [3.8, 4) is 0 Å². The molecule has 0 aromatic carbocycles. The molecule has 0 radical (unpaired) electrons. The van der Waals surface area contributed by atoms with E-state index in [0.717, 1.165) is 37.8 Å². The highest BCUT2D eigenvalue weighted by atomic mass is 32.1. The Kier molecular flexibility index (Phi) is 4.54. The molecule has 21 heavy (non-hydrogen) atoms. The fourth-order valence-corrected chi connectivity index (χ4v) is 4.13. The minimum atomic E-state index is -0.0325. The van der Waals surface area contributed by atoms with Crippen LogP contribution in [0.5, 0.6) is 0 Å². The average Bonchev–Trinajstić information content (AvgIpc) is 3.08. The quantitative estimate of drug-likeness (QED) is 0.929. The predicted molar refractivity (Wildman–Crippen MR) is 81.5 cm³/mol. The summed E-state index contributed by atoms with van der Waals surface area (Å²) in [6.45, 7) is 2.72. The van der Waals surface area contributed by atoms with Crippen LogP contribution in [0.3, 0.4) is 0 Å². The Balaban J connectivity index is 1.59. The highest BCUT2D eigenvalue weighted by molar-refractivity contribution is 7.08. The lowest BCUT2D eigenvalue weighted by atomic mass is 9.82. The predicted octanol–water partition coefficient (Wildman–Crippen LogP) is 2.71. The molecule has 2 heterocycles. The van der Waals surface area contributed by atoms with Crippen LogP contribution in [0.2, 0.25) is 0 Å². The molecule has 3 rings (SSSR count). The lowest BCUT2D eigenvalue weighted by molar-refractivity contribution is -0.0246. The van der Waals surface area contributed by atoms with Crippen molar-refractivity contribution in [2.24, 2.45) is 0 Å². The SMILES string of the molecule is CCCc1nnsc1C(=O)N[C@H]1COC2(CCCCC2)C1. The van der Waals surface area contributed by atoms with Crippen molar-refractivity contribution < 1.29 is 9.53 Å². The zero-order valence-electron chi connectivity index (χ0n) is 12.6. The second kappa shape index (κ2) is 6.40. The summed E-state index contributed by atoms with van der Waals surface area (Å²) in [4.78, 5) is 13.1. The normalized spacial score (nSPS) is 24.3. The summed E-state index contributed by atoms with van der Waals surface area (Å²) in [6.07, 6.45) is 8.83. The summed E-state index contributed by atoms with van der Waals surface area (Å²) in [5.74, 6) is -0.0325. The molecule has 5 nitrogen and oxygen atoms in total. The van der Waals surface area contributed by atoms with Gasteiger partial charge in [0.2, 0.25) is 0 Å². The topological polar surface area (TPSA) is 64.1 Å². The first-order chi connectivity index (χ1) is 10.2. The van der Waals surface area contributed by atoms with Gasteiger partial charge in [0.15, 0.2) is 0 Å². The highest BCUT2D eigenvalue weighted by Crippen LogP contribution is 2.39. The van der Waals surface area contributed by atoms with E-state index in [2.05, 4.69) is 21.8 Å². The zero-order valence-corrected chi connectivity index (χ0v) is 13.4. The van der Waals surface area contributed by atoms with E-state index in [4.69, 9.17) is 4.74 Å². The summed E-state index contributed by atoms with van der Waals surface area (Å²) in [7, 11) is 0. The largest absolute Gasteiger partial charge is 0.373 e. The van der Waals surface area contributed by atoms with E-state index in [-0.39, 0.29) is 17.6 Å². The van der Waals surface area contributed by atoms with Crippen LogP contribution in [-0.2, 0) is 11.2 Å². The molecule has 1 N–H and O–H groups in total. The van der Waals surface area contributed by atoms with Crippen LogP contribution in [0.25, 0.3) is 0 Å². The summed E-state index contributed by atoms with van der Waals surface area (Å²) in [5.41, 5.74) is 0.861. The van der Waals surface area contributed by atoms with Crippen molar-refractivity contribution in [1.29, 1.82) is 0 Å². The van der Waals surface area contributed by atoms with Crippen molar-refractivity contribution in [3.63, 3.8) is 0 Å². The van der Waals surface area contributed by atoms with Crippen LogP contribution in [0.1, 0.15) is 67.2 Å². The van der Waals surface area contributed by atoms with Gasteiger partial charge in [-0.3, -0.25) is 4.79 Å². The van der Waals surface area contributed by atoms with Crippen LogP contribution < -0.4 is 5.32 Å². The van der Waals surface area contributed by atoms with Gasteiger partial charge in [-0.2, -0.15) is 0 Å². The van der Waals surface area contributed by atoms with Crippen LogP contribution in [0, 0.1) is 0 Å². The molecule has 1 atom stereocenters. The van der Waals surface area contributed by atoms with Crippen LogP contribution in [0.15, 0.2) is 0 Å². The summed E-state index contributed by atoms with van der Waals surface area (Å²) >= 11 is 1.19. The molecule has 1 aromatic rings. The monoisotopic (exact) mass is 309 g/mol. The van der Waals surface area contributed by atoms with Crippen LogP contribution >= 0.6 is 11.5 Å². The van der Waals surface area contributed by atoms with Gasteiger partial charge < -0.3 is 10.1 Å². The first-order valence-electron chi connectivity index (χ1n) is 7.98. The van der Waals surface area contributed by atoms with Gasteiger partial charge in [0.05, 0.1) is 23.9 Å². The molecule has 0 bridgehead atoms. The Hall–Kier alpha value is -1.01. The van der Waals surface area contributed by atoms with Gasteiger partial charge in [-0.05, 0) is 37.2 Å². The third-order valence-electron chi connectivity index (χ3n) is 4.56. The number of nitrogens with zero attached hydrogens (tertiary/aromatic N) is 2. The molecule has 116 valence electrons. The fraction of sp³-hybridized carbons (Fsp3) is 0.800. The number of aryl methyl sites for hydroxylation is 1. The Bertz CT molecular complexity index is 497. The minimum absolute atomic E-state index is 0.0325. The average molecular weight is 309 g/mol. The van der Waals surface area contributed by atoms with Gasteiger partial charge in [0, 0.05) is 0 Å². The van der Waals surface area contributed by atoms with Crippen LogP contribution in [-0.4, -0.2) is 33.7 Å². The fourth-order valence-electron chi connectivity index (χ4n) is 3.51. The molecular weight excluding hydrogens is 286 g/mol. The first kappa shape index (κ1) is 14.9. The Morgan fingerprint density at radius 2 is 2.24 bits per heavy atom. The second-order valence-corrected chi connectivity index (χ2v) is 6.98. The molecule has 6 heteroatoms. The maximum absolute atomic E-state index is 12.4. The molecular formula is C15H23N3O2S. The highest BCUT2D eigenvalue weighted by Gasteiger charge is 2.41. The van der Waals surface area contributed by atoms with Crippen molar-refractivity contribution in [1.82, 2.24) is 14.9 Å². The molecule has 0 unspecified atom stereocenters. The Morgan fingerprint density at radius 1 is 1.43 bits per heavy atom. The number of ether oxygens (including phenoxy) is 1. The lowest BCUT2D eigenvalue weighted by Crippen LogP contribution is -2.37. The number of carbonyl (C=O) groups is 1. The third-order valence-corrected chi connectivity index (χ3v) is 5.32.